The minimum atomic E-state index is 0. The zero-order chi connectivity index (χ0) is 14.8. The second-order valence-corrected chi connectivity index (χ2v) is 14.8. The Kier molecular flexibility index (Phi) is 8.33. The molecule has 0 atom stereocenters. The third-order valence-electron chi connectivity index (χ3n) is 3.54. The molecular formula is C20H12Li2Te2. The molecule has 0 bridgehead atoms. The molecule has 0 radical (unpaired) electrons. The monoisotopic (exact) mass is 526 g/mol. The predicted octanol–water partition coefficient (Wildman–Crippen LogP) is -3.12. The van der Waals surface area contributed by atoms with E-state index in [2.05, 4.69) is 60.7 Å². The van der Waals surface area contributed by atoms with Crippen LogP contribution in [0, 0.1) is 12.1 Å². The number of hydrogen-bond donors (Lipinski definition) is 0. The van der Waals surface area contributed by atoms with Crippen LogP contribution in [0.2, 0.25) is 0 Å². The van der Waals surface area contributed by atoms with Gasteiger partial charge in [0, 0.05) is 0 Å². The molecule has 24 heavy (non-hydrogen) atoms. The number of rotatable bonds is 0. The molecule has 0 saturated carbocycles. The van der Waals surface area contributed by atoms with E-state index >= 15 is 0 Å². The molecule has 0 unspecified atom stereocenters. The quantitative estimate of drug-likeness (QED) is 0.170. The first-order valence-electron chi connectivity index (χ1n) is 7.05. The molecule has 0 N–H and O–H groups in total. The first-order chi connectivity index (χ1) is 10.9. The van der Waals surface area contributed by atoms with Gasteiger partial charge in [-0.15, -0.1) is 6.07 Å². The van der Waals surface area contributed by atoms with Crippen LogP contribution in [0.15, 0.2) is 72.8 Å². The van der Waals surface area contributed by atoms with Crippen molar-refractivity contribution in [1.29, 1.82) is 0 Å². The minimum absolute atomic E-state index is 0. The molecule has 0 nitrogen and oxygen atoms in total. The third kappa shape index (κ3) is 4.47. The van der Waals surface area contributed by atoms with Crippen molar-refractivity contribution < 1.29 is 37.7 Å². The second-order valence-electron chi connectivity index (χ2n) is 4.95. The van der Waals surface area contributed by atoms with E-state index in [-0.39, 0.29) is 71.8 Å². The van der Waals surface area contributed by atoms with Crippen LogP contribution in [0.3, 0.4) is 0 Å². The molecule has 4 aromatic rings. The SMILES string of the molecule is [Li+].[Li+].[c-]1cccc2ccc[c-]c12.c1cc2c3c(cccc3c1)[Te][Te]2. The first kappa shape index (κ1) is 20.5. The molecule has 1 aliphatic heterocycles. The second kappa shape index (κ2) is 9.76. The summed E-state index contributed by atoms with van der Waals surface area (Å²) in [6.07, 6.45) is 0. The van der Waals surface area contributed by atoms with Crippen LogP contribution < -0.4 is 44.9 Å². The number of hydrogen-bond acceptors (Lipinski definition) is 0. The van der Waals surface area contributed by atoms with Crippen molar-refractivity contribution in [3.05, 3.63) is 84.9 Å². The Labute approximate surface area is 183 Å². The van der Waals surface area contributed by atoms with Gasteiger partial charge in [-0.2, -0.15) is 6.07 Å². The first-order valence-corrected chi connectivity index (χ1v) is 16.7. The van der Waals surface area contributed by atoms with E-state index in [1.54, 1.807) is 12.6 Å². The Bertz CT molecular complexity index is 850. The third-order valence-corrected chi connectivity index (χ3v) is 15.2. The van der Waals surface area contributed by atoms with Crippen molar-refractivity contribution in [2.24, 2.45) is 0 Å². The fourth-order valence-electron chi connectivity index (χ4n) is 2.50. The molecule has 1 aliphatic rings. The van der Waals surface area contributed by atoms with Crippen LogP contribution in [-0.4, -0.2) is 34.1 Å². The van der Waals surface area contributed by atoms with Gasteiger partial charge in [0.05, 0.1) is 0 Å². The van der Waals surface area contributed by atoms with E-state index < -0.39 is 0 Å². The molecule has 106 valence electrons. The van der Waals surface area contributed by atoms with E-state index in [1.807, 2.05) is 24.3 Å². The van der Waals surface area contributed by atoms with E-state index in [4.69, 9.17) is 0 Å². The van der Waals surface area contributed by atoms with E-state index in [0.29, 0.717) is 0 Å². The molecule has 0 saturated heterocycles. The Balaban J connectivity index is 0.000000163. The van der Waals surface area contributed by atoms with Crippen LogP contribution >= 0.6 is 0 Å². The molecule has 1 heterocycles. The van der Waals surface area contributed by atoms with Crippen molar-refractivity contribution in [1.82, 2.24) is 0 Å². The van der Waals surface area contributed by atoms with Crippen LogP contribution in [0.25, 0.3) is 21.5 Å². The van der Waals surface area contributed by atoms with E-state index in [9.17, 15) is 0 Å². The maximum atomic E-state index is 3.10. The molecule has 0 amide bonds. The summed E-state index contributed by atoms with van der Waals surface area (Å²) in [6.45, 7) is 0. The van der Waals surface area contributed by atoms with Gasteiger partial charge in [-0.05, 0) is 0 Å². The normalized spacial score (nSPS) is 11.2. The Morgan fingerprint density at radius 1 is 0.583 bits per heavy atom. The molecule has 4 heteroatoms. The summed E-state index contributed by atoms with van der Waals surface area (Å²) in [5.41, 5.74) is 0. The van der Waals surface area contributed by atoms with Gasteiger partial charge in [0.2, 0.25) is 0 Å². The zero-order valence-corrected chi connectivity index (χ0v) is 18.4. The van der Waals surface area contributed by atoms with Gasteiger partial charge in [0.25, 0.3) is 0 Å². The summed E-state index contributed by atoms with van der Waals surface area (Å²) >= 11 is 0.499. The van der Waals surface area contributed by atoms with Crippen LogP contribution in [0.4, 0.5) is 0 Å². The van der Waals surface area contributed by atoms with Crippen LogP contribution in [-0.2, 0) is 0 Å². The van der Waals surface area contributed by atoms with Crippen molar-refractivity contribution in [3.8, 4) is 0 Å². The molecule has 4 aromatic carbocycles. The summed E-state index contributed by atoms with van der Waals surface area (Å²) in [4.78, 5) is 0. The van der Waals surface area contributed by atoms with Gasteiger partial charge in [-0.1, -0.05) is 6.07 Å². The van der Waals surface area contributed by atoms with Crippen molar-refractivity contribution in [2.75, 3.05) is 0 Å². The topological polar surface area (TPSA) is 0 Å². The summed E-state index contributed by atoms with van der Waals surface area (Å²) < 4.78 is 3.44. The van der Waals surface area contributed by atoms with Crippen molar-refractivity contribution in [2.45, 2.75) is 0 Å². The summed E-state index contributed by atoms with van der Waals surface area (Å²) in [5, 5.41) is 5.36. The van der Waals surface area contributed by atoms with Gasteiger partial charge >= 0.3 is 126 Å². The molecule has 0 fully saturated rings. The molecule has 0 aromatic heterocycles. The zero-order valence-electron chi connectivity index (χ0n) is 13.7. The summed E-state index contributed by atoms with van der Waals surface area (Å²) in [6, 6.07) is 31.7. The summed E-state index contributed by atoms with van der Waals surface area (Å²) in [7, 11) is 0. The molecule has 0 spiro atoms. The number of benzene rings is 4. The van der Waals surface area contributed by atoms with Gasteiger partial charge in [-0.25, -0.2) is 23.6 Å². The fourth-order valence-corrected chi connectivity index (χ4v) is 14.9. The van der Waals surface area contributed by atoms with Crippen LogP contribution in [0.5, 0.6) is 0 Å². The van der Waals surface area contributed by atoms with Gasteiger partial charge in [0.1, 0.15) is 0 Å². The predicted molar refractivity (Wildman–Crippen MR) is 96.3 cm³/mol. The Morgan fingerprint density at radius 3 is 1.58 bits per heavy atom. The van der Waals surface area contributed by atoms with Crippen molar-refractivity contribution in [3.63, 3.8) is 0 Å². The Morgan fingerprint density at radius 2 is 1.08 bits per heavy atom. The van der Waals surface area contributed by atoms with Gasteiger partial charge in [-0.3, -0.25) is 17.5 Å². The van der Waals surface area contributed by atoms with Gasteiger partial charge in [0.15, 0.2) is 0 Å². The fraction of sp³-hybridized carbons (Fsp3) is 0. The van der Waals surface area contributed by atoms with Crippen molar-refractivity contribution >= 4 is 62.9 Å². The van der Waals surface area contributed by atoms with E-state index in [0.717, 1.165) is 5.39 Å². The molecule has 0 aliphatic carbocycles. The maximum absolute atomic E-state index is 3.10. The Hall–Kier alpha value is 0.174. The average molecular weight is 521 g/mol. The van der Waals surface area contributed by atoms with E-state index in [1.165, 1.54) is 10.8 Å². The summed E-state index contributed by atoms with van der Waals surface area (Å²) in [5.74, 6) is 0. The van der Waals surface area contributed by atoms with Gasteiger partial charge < -0.3 is 0 Å². The number of fused-ring (bicyclic) bond motifs is 1. The standard InChI is InChI=1S/C10H6Te2.C10H6.2Li/c1-3-7-4-2-6-9-10(7)8(5-1)11-12-9;1-2-6-10-8-4-3-7-9(10)5-1;;/h1-6H;1-5,7H;;/q;-2;2*+1. The molecule has 5 rings (SSSR count). The van der Waals surface area contributed by atoms with Crippen LogP contribution in [0.1, 0.15) is 0 Å². The average Bonchev–Trinajstić information content (AvgIpc) is 3.02. The molecular weight excluding hydrogens is 509 g/mol.